The fourth-order valence-electron chi connectivity index (χ4n) is 2.72. The summed E-state index contributed by atoms with van der Waals surface area (Å²) < 4.78 is 12.6. The maximum absolute atomic E-state index is 11.9. The maximum atomic E-state index is 11.9. The van der Waals surface area contributed by atoms with Crippen molar-refractivity contribution in [2.75, 3.05) is 6.61 Å². The molecule has 0 fully saturated rings. The van der Waals surface area contributed by atoms with Crippen molar-refractivity contribution in [1.29, 1.82) is 5.41 Å². The first kappa shape index (κ1) is 19.7. The Labute approximate surface area is 167 Å². The molecule has 6 nitrogen and oxygen atoms in total. The first-order chi connectivity index (χ1) is 13.4. The zero-order chi connectivity index (χ0) is 20.1. The minimum absolute atomic E-state index is 0.00634. The molecular weight excluding hydrogens is 374 g/mol. The van der Waals surface area contributed by atoms with Crippen molar-refractivity contribution in [3.8, 4) is 5.75 Å². The molecule has 0 radical (unpaired) electrons. The van der Waals surface area contributed by atoms with E-state index in [0.717, 1.165) is 15.6 Å². The highest BCUT2D eigenvalue weighted by Gasteiger charge is 2.19. The number of benzene rings is 2. The van der Waals surface area contributed by atoms with Crippen molar-refractivity contribution in [3.63, 3.8) is 0 Å². The predicted molar refractivity (Wildman–Crippen MR) is 112 cm³/mol. The van der Waals surface area contributed by atoms with Crippen molar-refractivity contribution in [3.05, 3.63) is 65.0 Å². The van der Waals surface area contributed by atoms with Gasteiger partial charge in [-0.25, -0.2) is 4.79 Å². The van der Waals surface area contributed by atoms with Crippen LogP contribution in [0.4, 0.5) is 4.79 Å². The fourth-order valence-corrected chi connectivity index (χ4v) is 3.66. The highest BCUT2D eigenvalue weighted by Crippen LogP contribution is 2.35. The molecule has 0 saturated carbocycles. The van der Waals surface area contributed by atoms with Crippen LogP contribution in [-0.4, -0.2) is 24.6 Å². The third-order valence-corrected chi connectivity index (χ3v) is 5.13. The van der Waals surface area contributed by atoms with E-state index in [1.54, 1.807) is 0 Å². The molecule has 2 aromatic carbocycles. The van der Waals surface area contributed by atoms with Crippen LogP contribution < -0.4 is 15.8 Å². The minimum atomic E-state index is -0.480. The Kier molecular flexibility index (Phi) is 6.16. The Morgan fingerprint density at radius 3 is 2.61 bits per heavy atom. The quantitative estimate of drug-likeness (QED) is 0.405. The summed E-state index contributed by atoms with van der Waals surface area (Å²) in [6, 6.07) is 17.2. The fraction of sp³-hybridized carbons (Fsp3) is 0.238. The number of hydrogen-bond donors (Lipinski definition) is 3. The number of carbonyl (C=O) groups excluding carboxylic acids is 1. The van der Waals surface area contributed by atoms with Gasteiger partial charge in [-0.2, -0.15) is 0 Å². The third-order valence-electron chi connectivity index (χ3n) is 4.00. The summed E-state index contributed by atoms with van der Waals surface area (Å²) in [4.78, 5) is 12.6. The molecule has 7 heteroatoms. The standard InChI is InChI=1S/C21H23N3O3S/c1-13(2)24-21(25)26-12-17(14-7-4-3-5-8-14)27-16-9-6-10-18-15(16)11-19(28-18)20(22)23/h3-11,13,17H,12H2,1-2H3,(H3,22,23)(H,24,25). The van der Waals surface area contributed by atoms with Crippen LogP contribution >= 0.6 is 11.3 Å². The van der Waals surface area contributed by atoms with E-state index in [9.17, 15) is 4.79 Å². The molecule has 0 bridgehead atoms. The van der Waals surface area contributed by atoms with Crippen LogP contribution in [0.1, 0.15) is 30.4 Å². The van der Waals surface area contributed by atoms with Gasteiger partial charge in [-0.15, -0.1) is 11.3 Å². The number of rotatable bonds is 7. The number of amides is 1. The first-order valence-corrected chi connectivity index (χ1v) is 9.77. The van der Waals surface area contributed by atoms with Gasteiger partial charge in [-0.3, -0.25) is 5.41 Å². The van der Waals surface area contributed by atoms with Gasteiger partial charge in [0.15, 0.2) is 6.10 Å². The molecule has 0 aliphatic heterocycles. The number of nitrogen functional groups attached to an aromatic ring is 1. The second-order valence-electron chi connectivity index (χ2n) is 6.61. The lowest BCUT2D eigenvalue weighted by Crippen LogP contribution is -2.32. The van der Waals surface area contributed by atoms with Gasteiger partial charge in [0.2, 0.25) is 0 Å². The number of carbonyl (C=O) groups is 1. The van der Waals surface area contributed by atoms with E-state index in [1.807, 2.05) is 68.4 Å². The average Bonchev–Trinajstić information content (AvgIpc) is 3.11. The predicted octanol–water partition coefficient (Wildman–Crippen LogP) is 4.44. The van der Waals surface area contributed by atoms with Crippen molar-refractivity contribution >= 4 is 33.4 Å². The maximum Gasteiger partial charge on any atom is 0.407 e. The van der Waals surface area contributed by atoms with E-state index in [4.69, 9.17) is 20.6 Å². The number of nitrogens with two attached hydrogens (primary N) is 1. The molecule has 1 unspecified atom stereocenters. The van der Waals surface area contributed by atoms with Crippen molar-refractivity contribution in [1.82, 2.24) is 5.32 Å². The summed E-state index contributed by atoms with van der Waals surface area (Å²) in [5.41, 5.74) is 6.53. The minimum Gasteiger partial charge on any atom is -0.481 e. The van der Waals surface area contributed by atoms with Crippen LogP contribution in [0, 0.1) is 5.41 Å². The molecule has 0 aliphatic rings. The van der Waals surface area contributed by atoms with Crippen LogP contribution in [0.25, 0.3) is 10.1 Å². The molecule has 1 aromatic heterocycles. The van der Waals surface area contributed by atoms with Crippen LogP contribution in [0.15, 0.2) is 54.6 Å². The summed E-state index contributed by atoms with van der Waals surface area (Å²) in [7, 11) is 0. The lowest BCUT2D eigenvalue weighted by molar-refractivity contribution is 0.0814. The molecule has 3 aromatic rings. The van der Waals surface area contributed by atoms with Gasteiger partial charge in [-0.05, 0) is 37.6 Å². The number of alkyl carbamates (subject to hydrolysis) is 1. The van der Waals surface area contributed by atoms with Crippen molar-refractivity contribution in [2.45, 2.75) is 26.0 Å². The van der Waals surface area contributed by atoms with E-state index in [1.165, 1.54) is 11.3 Å². The molecule has 1 heterocycles. The van der Waals surface area contributed by atoms with Gasteiger partial charge < -0.3 is 20.5 Å². The zero-order valence-corrected chi connectivity index (χ0v) is 16.6. The molecule has 0 aliphatic carbocycles. The Balaban J connectivity index is 1.86. The summed E-state index contributed by atoms with van der Waals surface area (Å²) in [6.07, 6.45) is -0.947. The van der Waals surface area contributed by atoms with Crippen molar-refractivity contribution < 1.29 is 14.3 Å². The third kappa shape index (κ3) is 4.80. The summed E-state index contributed by atoms with van der Waals surface area (Å²) in [5, 5.41) is 11.3. The molecule has 4 N–H and O–H groups in total. The van der Waals surface area contributed by atoms with E-state index >= 15 is 0 Å². The molecule has 1 amide bonds. The van der Waals surface area contributed by atoms with E-state index in [0.29, 0.717) is 10.6 Å². The average molecular weight is 398 g/mol. The van der Waals surface area contributed by atoms with E-state index in [-0.39, 0.29) is 18.5 Å². The van der Waals surface area contributed by atoms with Crippen LogP contribution in [0.5, 0.6) is 5.75 Å². The Morgan fingerprint density at radius 2 is 1.93 bits per heavy atom. The Bertz CT molecular complexity index is 969. The number of hydrogen-bond acceptors (Lipinski definition) is 5. The van der Waals surface area contributed by atoms with Gasteiger partial charge in [-0.1, -0.05) is 36.4 Å². The van der Waals surface area contributed by atoms with Gasteiger partial charge >= 0.3 is 6.09 Å². The normalized spacial score (nSPS) is 12.0. The zero-order valence-electron chi connectivity index (χ0n) is 15.8. The van der Waals surface area contributed by atoms with Crippen LogP contribution in [0.2, 0.25) is 0 Å². The topological polar surface area (TPSA) is 97.4 Å². The molecule has 0 saturated heterocycles. The van der Waals surface area contributed by atoms with Crippen LogP contribution in [-0.2, 0) is 4.74 Å². The molecule has 28 heavy (non-hydrogen) atoms. The lowest BCUT2D eigenvalue weighted by atomic mass is 10.1. The number of thiophene rings is 1. The summed E-state index contributed by atoms with van der Waals surface area (Å²) in [5.74, 6) is 0.684. The van der Waals surface area contributed by atoms with Gasteiger partial charge in [0.1, 0.15) is 18.2 Å². The molecular formula is C21H23N3O3S. The number of nitrogens with one attached hydrogen (secondary N) is 2. The second kappa shape index (κ2) is 8.75. The summed E-state index contributed by atoms with van der Waals surface area (Å²) in [6.45, 7) is 3.81. The number of ether oxygens (including phenoxy) is 2. The Hall–Kier alpha value is -3.06. The molecule has 0 spiro atoms. The lowest BCUT2D eigenvalue weighted by Gasteiger charge is -2.20. The Morgan fingerprint density at radius 1 is 1.18 bits per heavy atom. The van der Waals surface area contributed by atoms with E-state index in [2.05, 4.69) is 5.32 Å². The van der Waals surface area contributed by atoms with Gasteiger partial charge in [0, 0.05) is 16.1 Å². The van der Waals surface area contributed by atoms with Crippen molar-refractivity contribution in [2.24, 2.45) is 5.73 Å². The number of fused-ring (bicyclic) bond motifs is 1. The highest BCUT2D eigenvalue weighted by atomic mass is 32.1. The highest BCUT2D eigenvalue weighted by molar-refractivity contribution is 7.20. The molecule has 1 atom stereocenters. The number of amidine groups is 1. The summed E-state index contributed by atoms with van der Waals surface area (Å²) >= 11 is 1.44. The molecule has 3 rings (SSSR count). The smallest absolute Gasteiger partial charge is 0.407 e. The van der Waals surface area contributed by atoms with Gasteiger partial charge in [0.25, 0.3) is 0 Å². The van der Waals surface area contributed by atoms with Crippen LogP contribution in [0.3, 0.4) is 0 Å². The molecule has 146 valence electrons. The first-order valence-electron chi connectivity index (χ1n) is 8.96. The van der Waals surface area contributed by atoms with E-state index < -0.39 is 12.2 Å². The second-order valence-corrected chi connectivity index (χ2v) is 7.69. The van der Waals surface area contributed by atoms with Gasteiger partial charge in [0.05, 0.1) is 4.88 Å². The largest absolute Gasteiger partial charge is 0.481 e. The monoisotopic (exact) mass is 397 g/mol. The SMILES string of the molecule is CC(C)NC(=O)OCC(Oc1cccc2sc(C(=N)N)cc12)c1ccccc1.